The first-order chi connectivity index (χ1) is 49.6. The molecule has 610 valence electrons. The van der Waals surface area contributed by atoms with Crippen LogP contribution in [-0.2, 0) is 71.1 Å². The number of aliphatic hydroxyl groups excluding tert-OH is 20. The molecule has 7 saturated heterocycles. The zero-order valence-electron chi connectivity index (χ0n) is 60.9. The molecule has 0 bridgehead atoms. The monoisotopic (exact) mass is 1530 g/mol. The van der Waals surface area contributed by atoms with Crippen LogP contribution in [0.2, 0.25) is 0 Å². The van der Waals surface area contributed by atoms with Crippen LogP contribution in [0, 0.1) is 50.2 Å². The summed E-state index contributed by atoms with van der Waals surface area (Å²) < 4.78 is 83.8. The van der Waals surface area contributed by atoms with Gasteiger partial charge in [-0.25, -0.2) is 0 Å². The minimum atomic E-state index is -2.14. The lowest BCUT2D eigenvalue weighted by atomic mass is 9.33. The molecular formula is C70H114O36. The molecule has 0 amide bonds. The predicted molar refractivity (Wildman–Crippen MR) is 349 cm³/mol. The van der Waals surface area contributed by atoms with E-state index in [4.69, 9.17) is 66.3 Å². The maximum absolute atomic E-state index is 16.1. The third-order valence-electron chi connectivity index (χ3n) is 27.1. The molecule has 4 saturated carbocycles. The maximum atomic E-state index is 16.1. The number of fused-ring (bicyclic) bond motifs is 7. The van der Waals surface area contributed by atoms with Crippen molar-refractivity contribution < 1.29 is 178 Å². The summed E-state index contributed by atoms with van der Waals surface area (Å²) in [6, 6.07) is 0. The van der Waals surface area contributed by atoms with Gasteiger partial charge in [-0.3, -0.25) is 4.79 Å². The Bertz CT molecular complexity index is 3050. The Hall–Kier alpha value is -2.15. The first-order valence-electron chi connectivity index (χ1n) is 37.1. The highest BCUT2D eigenvalue weighted by molar-refractivity contribution is 5.80. The highest BCUT2D eigenvalue weighted by atomic mass is 16.8. The lowest BCUT2D eigenvalue weighted by Gasteiger charge is -2.72. The summed E-state index contributed by atoms with van der Waals surface area (Å²) in [6.45, 7) is 12.5. The molecule has 36 nitrogen and oxygen atoms in total. The van der Waals surface area contributed by atoms with Gasteiger partial charge in [0.05, 0.1) is 76.3 Å². The Morgan fingerprint density at radius 3 is 1.73 bits per heavy atom. The van der Waals surface area contributed by atoms with Gasteiger partial charge in [-0.05, 0) is 112 Å². The lowest BCUT2D eigenvalue weighted by Crippen LogP contribution is -2.71. The molecule has 36 heteroatoms. The van der Waals surface area contributed by atoms with Gasteiger partial charge in [0.15, 0.2) is 43.8 Å². The number of allylic oxidation sites excluding steroid dienone is 2. The van der Waals surface area contributed by atoms with Crippen LogP contribution in [-0.4, -0.2) is 367 Å². The quantitative estimate of drug-likeness (QED) is 0.0344. The van der Waals surface area contributed by atoms with Crippen molar-refractivity contribution in [3.63, 3.8) is 0 Å². The normalized spacial score (nSPS) is 56.1. The van der Waals surface area contributed by atoms with E-state index in [1.807, 2.05) is 0 Å². The summed E-state index contributed by atoms with van der Waals surface area (Å²) in [7, 11) is 0. The summed E-state index contributed by atoms with van der Waals surface area (Å²) in [4.78, 5) is 16.1. The van der Waals surface area contributed by atoms with E-state index in [-0.39, 0.29) is 25.2 Å². The summed E-state index contributed by atoms with van der Waals surface area (Å²) >= 11 is 0. The van der Waals surface area contributed by atoms with E-state index in [9.17, 15) is 107 Å². The molecule has 0 aromatic heterocycles. The molecule has 7 aliphatic heterocycles. The van der Waals surface area contributed by atoms with Gasteiger partial charge in [0.1, 0.15) is 133 Å². The van der Waals surface area contributed by atoms with Gasteiger partial charge in [-0.15, -0.1) is 0 Å². The number of ether oxygens (including phenoxy) is 14. The number of carbonyl (C=O) groups is 1. The number of aliphatic hydroxyl groups is 21. The fraction of sp³-hybridized carbons (Fsp3) is 0.957. The van der Waals surface area contributed by atoms with Crippen LogP contribution in [0.1, 0.15) is 114 Å². The first kappa shape index (κ1) is 83.3. The van der Waals surface area contributed by atoms with Crippen LogP contribution in [0.5, 0.6) is 0 Å². The number of esters is 1. The van der Waals surface area contributed by atoms with Crippen molar-refractivity contribution in [1.82, 2.24) is 0 Å². The highest BCUT2D eigenvalue weighted by Gasteiger charge is 2.74. The standard InChI is InChI=1S/C70H114O36/c1-25-37(76)42(81)47(86)56(96-25)93-20-32-40(79)44(83)49(88)60(100-32)105-55-30(74)17-65(6)34(66(55,7)22-72)12-13-67(8)35(65)11-10-28-29-16-64(4,5)14-15-70(29,36(75)18-68(28,67)9)63(91)106-61-53(52(38(77)26(2)97-61)103-59-48(87)43(82)39(78)31(19-71)99-59)104-58-50(89)45(84)51(27(3)98-58)102-57-46(85)41(80)33(21-94-57)101-62-54(90)69(92,23-73)24-95-62/h10,25-27,29-62,71-90,92H,11-24H2,1-9H3. The van der Waals surface area contributed by atoms with E-state index >= 15 is 4.79 Å². The van der Waals surface area contributed by atoms with E-state index in [0.29, 0.717) is 32.1 Å². The smallest absolute Gasteiger partial charge is 0.317 e. The number of carbonyl (C=O) groups excluding carboxylic acids is 1. The fourth-order valence-electron chi connectivity index (χ4n) is 20.4. The van der Waals surface area contributed by atoms with Gasteiger partial charge in [-0.1, -0.05) is 53.2 Å². The van der Waals surface area contributed by atoms with Gasteiger partial charge in [-0.2, -0.15) is 0 Å². The maximum Gasteiger partial charge on any atom is 0.317 e. The van der Waals surface area contributed by atoms with Crippen molar-refractivity contribution in [2.24, 2.45) is 50.2 Å². The number of rotatable bonds is 18. The van der Waals surface area contributed by atoms with Gasteiger partial charge in [0.2, 0.25) is 6.29 Å². The second-order valence-corrected chi connectivity index (χ2v) is 34.0. The Balaban J connectivity index is 0.792. The molecule has 5 aliphatic carbocycles. The van der Waals surface area contributed by atoms with Crippen LogP contribution in [0.4, 0.5) is 0 Å². The van der Waals surface area contributed by atoms with E-state index in [1.54, 1.807) is 6.92 Å². The summed E-state index contributed by atoms with van der Waals surface area (Å²) in [5.41, 5.74) is -7.01. The molecule has 12 rings (SSSR count). The molecule has 106 heavy (non-hydrogen) atoms. The molecule has 43 atom stereocenters. The summed E-state index contributed by atoms with van der Waals surface area (Å²) in [5, 5.41) is 235. The Kier molecular flexibility index (Phi) is 24.3. The minimum Gasteiger partial charge on any atom is -0.432 e. The third kappa shape index (κ3) is 14.0. The average Bonchev–Trinajstić information content (AvgIpc) is 0.674. The van der Waals surface area contributed by atoms with Gasteiger partial charge >= 0.3 is 5.97 Å². The van der Waals surface area contributed by atoms with Crippen molar-refractivity contribution in [2.45, 2.75) is 328 Å². The molecule has 7 heterocycles. The first-order valence-corrected chi connectivity index (χ1v) is 37.1. The van der Waals surface area contributed by atoms with Gasteiger partial charge < -0.3 is 174 Å². The minimum absolute atomic E-state index is 0.00445. The van der Waals surface area contributed by atoms with Crippen molar-refractivity contribution in [2.75, 3.05) is 39.6 Å². The Morgan fingerprint density at radius 2 is 1.08 bits per heavy atom. The highest BCUT2D eigenvalue weighted by Crippen LogP contribution is 2.76. The summed E-state index contributed by atoms with van der Waals surface area (Å²) in [5.74, 6) is -2.37. The largest absolute Gasteiger partial charge is 0.432 e. The van der Waals surface area contributed by atoms with Gasteiger partial charge in [0.25, 0.3) is 0 Å². The van der Waals surface area contributed by atoms with Gasteiger partial charge in [0, 0.05) is 5.41 Å². The van der Waals surface area contributed by atoms with E-state index in [0.717, 1.165) is 5.57 Å². The lowest BCUT2D eigenvalue weighted by molar-refractivity contribution is -0.392. The fourth-order valence-corrected chi connectivity index (χ4v) is 20.4. The van der Waals surface area contributed by atoms with Crippen LogP contribution in [0.15, 0.2) is 11.6 Å². The van der Waals surface area contributed by atoms with Crippen molar-refractivity contribution in [3.05, 3.63) is 11.6 Å². The zero-order chi connectivity index (χ0) is 77.5. The molecule has 43 unspecified atom stereocenters. The second-order valence-electron chi connectivity index (χ2n) is 34.0. The van der Waals surface area contributed by atoms with E-state index in [2.05, 4.69) is 40.7 Å². The van der Waals surface area contributed by atoms with Crippen molar-refractivity contribution in [3.8, 4) is 0 Å². The molecule has 21 N–H and O–H groups in total. The van der Waals surface area contributed by atoms with Crippen LogP contribution >= 0.6 is 0 Å². The molecule has 0 radical (unpaired) electrons. The third-order valence-corrected chi connectivity index (χ3v) is 27.1. The predicted octanol–water partition coefficient (Wildman–Crippen LogP) is -7.29. The molecule has 0 spiro atoms. The second kappa shape index (κ2) is 30.9. The topological polar surface area (TPSA) is 571 Å². The van der Waals surface area contributed by atoms with E-state index < -0.39 is 304 Å². The molecule has 11 fully saturated rings. The molecular weight excluding hydrogens is 1420 g/mol. The van der Waals surface area contributed by atoms with Crippen molar-refractivity contribution >= 4 is 5.97 Å². The number of hydrogen-bond acceptors (Lipinski definition) is 36. The Labute approximate surface area is 612 Å². The number of hydrogen-bond donors (Lipinski definition) is 21. The molecule has 12 aliphatic rings. The SMILES string of the molecule is CC1OC(OCC2OC(OC3C(O)CC4(C)C(CCC5(C)C4CC=C4C6CC(C)(C)CCC6(C(=O)OC6OC(C)C(O)C(OC7OC(CO)C(O)C(O)C7O)C6OC6OC(C)C(OC7OCC(OC8OCC(O)(CO)C8O)C(O)C7O)C(O)C6O)C(O)CC45C)C3(C)CO)C(O)C(O)C2O)C(O)C(O)C1O. The van der Waals surface area contributed by atoms with Crippen LogP contribution < -0.4 is 0 Å². The van der Waals surface area contributed by atoms with Crippen LogP contribution in [0.25, 0.3) is 0 Å². The molecule has 0 aromatic carbocycles. The zero-order valence-corrected chi connectivity index (χ0v) is 60.9. The Morgan fingerprint density at radius 1 is 0.509 bits per heavy atom. The van der Waals surface area contributed by atoms with E-state index in [1.165, 1.54) is 20.8 Å². The summed E-state index contributed by atoms with van der Waals surface area (Å²) in [6.07, 6.45) is -53.2. The molecule has 0 aromatic rings. The van der Waals surface area contributed by atoms with Crippen molar-refractivity contribution in [1.29, 1.82) is 0 Å². The average molecular weight is 1530 g/mol. The van der Waals surface area contributed by atoms with Crippen LogP contribution in [0.3, 0.4) is 0 Å².